The van der Waals surface area contributed by atoms with Crippen molar-refractivity contribution in [2.75, 3.05) is 20.4 Å². The first kappa shape index (κ1) is 13.7. The van der Waals surface area contributed by atoms with Crippen molar-refractivity contribution in [3.05, 3.63) is 0 Å². The van der Waals surface area contributed by atoms with Crippen molar-refractivity contribution >= 4 is 28.2 Å². The minimum Gasteiger partial charge on any atom is -0.750 e. The smallest absolute Gasteiger partial charge is 0.0839 e. The Balaban J connectivity index is 0. The highest BCUT2D eigenvalue weighted by molar-refractivity contribution is 8.13. The molecule has 1 atom stereocenters. The third-order valence-electron chi connectivity index (χ3n) is 0.746. The molecular formula is C5H12NO3S2-. The standard InChI is InChI=1S/C4H9NS.CH4O3S/c1-4(5-2)6-3;1-4-5(2)3/h1-3H3;1H3,(H,2,3)/p-1. The molecule has 68 valence electrons. The van der Waals surface area contributed by atoms with Crippen LogP contribution in [0.1, 0.15) is 6.92 Å². The lowest BCUT2D eigenvalue weighted by molar-refractivity contribution is 0.368. The Morgan fingerprint density at radius 2 is 2.09 bits per heavy atom. The zero-order valence-electron chi connectivity index (χ0n) is 6.99. The van der Waals surface area contributed by atoms with Crippen molar-refractivity contribution in [2.45, 2.75) is 6.92 Å². The summed E-state index contributed by atoms with van der Waals surface area (Å²) < 4.78 is 22.0. The fourth-order valence-corrected chi connectivity index (χ4v) is 0.274. The Morgan fingerprint density at radius 3 is 2.09 bits per heavy atom. The van der Waals surface area contributed by atoms with E-state index in [1.807, 2.05) is 13.2 Å². The summed E-state index contributed by atoms with van der Waals surface area (Å²) in [5, 5.41) is 1.13. The molecule has 0 heterocycles. The van der Waals surface area contributed by atoms with Gasteiger partial charge in [0.25, 0.3) is 0 Å². The molecule has 0 aliphatic heterocycles. The lowest BCUT2D eigenvalue weighted by atomic mass is 10.9. The highest BCUT2D eigenvalue weighted by Gasteiger charge is 1.75. The van der Waals surface area contributed by atoms with Gasteiger partial charge >= 0.3 is 0 Å². The molecule has 0 bridgehead atoms. The molecule has 1 unspecified atom stereocenters. The minimum atomic E-state index is -2.32. The van der Waals surface area contributed by atoms with Crippen molar-refractivity contribution in [2.24, 2.45) is 4.99 Å². The van der Waals surface area contributed by atoms with Gasteiger partial charge in [0.2, 0.25) is 0 Å². The van der Waals surface area contributed by atoms with E-state index in [1.54, 1.807) is 18.8 Å². The Morgan fingerprint density at radius 1 is 1.73 bits per heavy atom. The van der Waals surface area contributed by atoms with Crippen LogP contribution in [0.5, 0.6) is 0 Å². The second kappa shape index (κ2) is 10.1. The molecule has 4 nitrogen and oxygen atoms in total. The molecule has 0 aromatic carbocycles. The molecule has 0 rings (SSSR count). The summed E-state index contributed by atoms with van der Waals surface area (Å²) in [7, 11) is 2.88. The summed E-state index contributed by atoms with van der Waals surface area (Å²) in [5.41, 5.74) is 0. The van der Waals surface area contributed by atoms with Gasteiger partial charge in [-0.25, -0.2) is 4.21 Å². The third-order valence-corrected chi connectivity index (χ3v) is 1.79. The van der Waals surface area contributed by atoms with Gasteiger partial charge in [-0.3, -0.25) is 4.99 Å². The van der Waals surface area contributed by atoms with Crippen LogP contribution in [-0.4, -0.2) is 34.2 Å². The molecular weight excluding hydrogens is 186 g/mol. The number of hydrogen-bond donors (Lipinski definition) is 0. The minimum absolute atomic E-state index is 1.09. The van der Waals surface area contributed by atoms with Crippen LogP contribution in [0, 0.1) is 0 Å². The zero-order valence-corrected chi connectivity index (χ0v) is 8.62. The van der Waals surface area contributed by atoms with Gasteiger partial charge in [-0.15, -0.1) is 11.8 Å². The van der Waals surface area contributed by atoms with Gasteiger partial charge in [0.1, 0.15) is 0 Å². The van der Waals surface area contributed by atoms with E-state index >= 15 is 0 Å². The fourth-order valence-electron chi connectivity index (χ4n) is 0.0913. The summed E-state index contributed by atoms with van der Waals surface area (Å²) in [5.74, 6) is 0. The van der Waals surface area contributed by atoms with Gasteiger partial charge in [0.05, 0.1) is 23.5 Å². The predicted molar refractivity (Wildman–Crippen MR) is 48.5 cm³/mol. The molecule has 0 fully saturated rings. The molecule has 0 saturated heterocycles. The summed E-state index contributed by atoms with van der Waals surface area (Å²) in [6.07, 6.45) is 2.02. The average molecular weight is 198 g/mol. The third kappa shape index (κ3) is 17.8. The van der Waals surface area contributed by atoms with E-state index < -0.39 is 11.4 Å². The van der Waals surface area contributed by atoms with Gasteiger partial charge < -0.3 is 8.74 Å². The maximum atomic E-state index is 9.15. The fraction of sp³-hybridized carbons (Fsp3) is 0.800. The molecule has 0 aliphatic rings. The van der Waals surface area contributed by atoms with Crippen molar-refractivity contribution < 1.29 is 12.9 Å². The van der Waals surface area contributed by atoms with Gasteiger partial charge in [0, 0.05) is 7.05 Å². The van der Waals surface area contributed by atoms with E-state index in [1.165, 1.54) is 0 Å². The lowest BCUT2D eigenvalue weighted by Crippen LogP contribution is -1.85. The van der Waals surface area contributed by atoms with Crippen LogP contribution < -0.4 is 0 Å². The quantitative estimate of drug-likeness (QED) is 0.355. The number of rotatable bonds is 1. The van der Waals surface area contributed by atoms with Gasteiger partial charge in [-0.05, 0) is 13.2 Å². The molecule has 0 saturated carbocycles. The van der Waals surface area contributed by atoms with E-state index in [0.29, 0.717) is 0 Å². The second-order valence-corrected chi connectivity index (χ2v) is 3.06. The Labute approximate surface area is 73.9 Å². The van der Waals surface area contributed by atoms with E-state index in [-0.39, 0.29) is 0 Å². The van der Waals surface area contributed by atoms with E-state index in [0.717, 1.165) is 12.2 Å². The number of hydrogen-bond acceptors (Lipinski definition) is 5. The summed E-state index contributed by atoms with van der Waals surface area (Å²) >= 11 is -0.648. The van der Waals surface area contributed by atoms with Crippen molar-refractivity contribution in [3.8, 4) is 0 Å². The summed E-state index contributed by atoms with van der Waals surface area (Å²) in [4.78, 5) is 3.89. The maximum absolute atomic E-state index is 9.15. The Kier molecular flexibility index (Phi) is 12.5. The van der Waals surface area contributed by atoms with Gasteiger partial charge in [-0.2, -0.15) is 0 Å². The first-order valence-corrected chi connectivity index (χ1v) is 4.92. The molecule has 0 aliphatic carbocycles. The number of aliphatic imine (C=N–C) groups is 1. The van der Waals surface area contributed by atoms with Gasteiger partial charge in [-0.1, -0.05) is 0 Å². The van der Waals surface area contributed by atoms with Crippen LogP contribution in [-0.2, 0) is 15.5 Å². The first-order chi connectivity index (χ1) is 5.08. The van der Waals surface area contributed by atoms with Crippen LogP contribution in [0.15, 0.2) is 4.99 Å². The molecule has 0 aromatic heterocycles. The van der Waals surface area contributed by atoms with Crippen LogP contribution >= 0.6 is 11.8 Å². The predicted octanol–water partition coefficient (Wildman–Crippen LogP) is 0.825. The Bertz CT molecular complexity index is 138. The van der Waals surface area contributed by atoms with Crippen LogP contribution in [0.4, 0.5) is 0 Å². The molecule has 0 N–H and O–H groups in total. The van der Waals surface area contributed by atoms with E-state index in [9.17, 15) is 0 Å². The highest BCUT2D eigenvalue weighted by Crippen LogP contribution is 1.92. The molecule has 0 aromatic rings. The monoisotopic (exact) mass is 198 g/mol. The number of thioether (sulfide) groups is 1. The van der Waals surface area contributed by atoms with E-state index in [2.05, 4.69) is 9.18 Å². The van der Waals surface area contributed by atoms with Crippen molar-refractivity contribution in [3.63, 3.8) is 0 Å². The molecule has 0 amide bonds. The lowest BCUT2D eigenvalue weighted by Gasteiger charge is -1.94. The molecule has 6 heteroatoms. The summed E-state index contributed by atoms with van der Waals surface area (Å²) in [6.45, 7) is 1.99. The highest BCUT2D eigenvalue weighted by atomic mass is 32.2. The van der Waals surface area contributed by atoms with Crippen molar-refractivity contribution in [1.82, 2.24) is 0 Å². The average Bonchev–Trinajstić information content (AvgIpc) is 2.04. The second-order valence-electron chi connectivity index (χ2n) is 1.32. The summed E-state index contributed by atoms with van der Waals surface area (Å²) in [6, 6.07) is 0. The Hall–Kier alpha value is 0.0900. The topological polar surface area (TPSA) is 61.7 Å². The zero-order chi connectivity index (χ0) is 9.28. The van der Waals surface area contributed by atoms with Gasteiger partial charge in [0.15, 0.2) is 0 Å². The van der Waals surface area contributed by atoms with Crippen LogP contribution in [0.25, 0.3) is 0 Å². The molecule has 0 spiro atoms. The number of nitrogens with zero attached hydrogens (tertiary/aromatic N) is 1. The van der Waals surface area contributed by atoms with Crippen molar-refractivity contribution in [1.29, 1.82) is 0 Å². The first-order valence-electron chi connectivity index (χ1n) is 2.69. The normalized spacial score (nSPS) is 13.4. The van der Waals surface area contributed by atoms with Crippen LogP contribution in [0.2, 0.25) is 0 Å². The molecule has 0 radical (unpaired) electrons. The largest absolute Gasteiger partial charge is 0.750 e. The maximum Gasteiger partial charge on any atom is 0.0839 e. The SMILES string of the molecule is CN=C(C)SC.COS(=O)[O-]. The molecule has 11 heavy (non-hydrogen) atoms. The van der Waals surface area contributed by atoms with Crippen LogP contribution in [0.3, 0.4) is 0 Å². The van der Waals surface area contributed by atoms with E-state index in [4.69, 9.17) is 8.76 Å².